The Balaban J connectivity index is 2.20. The summed E-state index contributed by atoms with van der Waals surface area (Å²) in [6.45, 7) is 4.18. The van der Waals surface area contributed by atoms with Gasteiger partial charge in [-0.2, -0.15) is 4.31 Å². The van der Waals surface area contributed by atoms with Crippen LogP contribution in [0.4, 0.5) is 0 Å². The number of hydrogen-bond acceptors (Lipinski definition) is 5. The Labute approximate surface area is 143 Å². The van der Waals surface area contributed by atoms with Crippen molar-refractivity contribution < 1.29 is 21.6 Å². The fourth-order valence-corrected chi connectivity index (χ4v) is 5.87. The molecule has 1 N–H and O–H groups in total. The van der Waals surface area contributed by atoms with Crippen LogP contribution in [0.2, 0.25) is 0 Å². The molecule has 2 rings (SSSR count). The predicted octanol–water partition coefficient (Wildman–Crippen LogP) is 0.634. The second-order valence-corrected chi connectivity index (χ2v) is 9.86. The molecule has 1 aliphatic heterocycles. The van der Waals surface area contributed by atoms with Crippen LogP contribution >= 0.6 is 0 Å². The second kappa shape index (κ2) is 7.20. The first-order valence-electron chi connectivity index (χ1n) is 7.81. The van der Waals surface area contributed by atoms with Gasteiger partial charge in [0.2, 0.25) is 10.0 Å². The van der Waals surface area contributed by atoms with Crippen LogP contribution < -0.4 is 5.32 Å². The number of sulfonamides is 1. The Morgan fingerprint density at radius 2 is 1.96 bits per heavy atom. The summed E-state index contributed by atoms with van der Waals surface area (Å²) in [5.41, 5.74) is 0.201. The lowest BCUT2D eigenvalue weighted by atomic mass is 10.2. The number of carbonyl (C=O) groups is 1. The second-order valence-electron chi connectivity index (χ2n) is 5.69. The molecule has 134 valence electrons. The number of nitrogens with one attached hydrogen (secondary N) is 1. The van der Waals surface area contributed by atoms with E-state index >= 15 is 0 Å². The van der Waals surface area contributed by atoms with Gasteiger partial charge in [-0.3, -0.25) is 4.79 Å². The van der Waals surface area contributed by atoms with E-state index in [9.17, 15) is 21.6 Å². The van der Waals surface area contributed by atoms with E-state index in [-0.39, 0.29) is 22.0 Å². The van der Waals surface area contributed by atoms with Crippen LogP contribution in [0.1, 0.15) is 30.6 Å². The molecule has 0 aliphatic carbocycles. The smallest absolute Gasteiger partial charge is 0.251 e. The molecule has 1 saturated heterocycles. The van der Waals surface area contributed by atoms with Crippen molar-refractivity contribution in [2.75, 3.05) is 24.6 Å². The van der Waals surface area contributed by atoms with Gasteiger partial charge in [0.25, 0.3) is 5.91 Å². The number of sulfone groups is 1. The number of amides is 1. The van der Waals surface area contributed by atoms with Gasteiger partial charge in [-0.1, -0.05) is 19.9 Å². The highest BCUT2D eigenvalue weighted by molar-refractivity contribution is 7.91. The Kier molecular flexibility index (Phi) is 5.67. The first-order chi connectivity index (χ1) is 11.2. The molecular formula is C15H22N2O5S2. The van der Waals surface area contributed by atoms with E-state index in [4.69, 9.17) is 0 Å². The van der Waals surface area contributed by atoms with Gasteiger partial charge in [-0.25, -0.2) is 16.8 Å². The molecule has 1 heterocycles. The van der Waals surface area contributed by atoms with Gasteiger partial charge in [0.1, 0.15) is 0 Å². The largest absolute Gasteiger partial charge is 0.348 e. The van der Waals surface area contributed by atoms with E-state index in [0.29, 0.717) is 19.5 Å². The summed E-state index contributed by atoms with van der Waals surface area (Å²) in [6.07, 6.45) is 0.380. The van der Waals surface area contributed by atoms with Crippen molar-refractivity contribution in [3.8, 4) is 0 Å². The van der Waals surface area contributed by atoms with Crippen LogP contribution in [0.25, 0.3) is 0 Å². The molecule has 1 unspecified atom stereocenters. The quantitative estimate of drug-likeness (QED) is 0.787. The zero-order valence-electron chi connectivity index (χ0n) is 13.7. The normalized spacial score (nSPS) is 20.2. The van der Waals surface area contributed by atoms with Crippen molar-refractivity contribution in [1.29, 1.82) is 0 Å². The summed E-state index contributed by atoms with van der Waals surface area (Å²) in [7, 11) is -6.74. The summed E-state index contributed by atoms with van der Waals surface area (Å²) in [6, 6.07) is 5.37. The number of hydrogen-bond donors (Lipinski definition) is 1. The van der Waals surface area contributed by atoms with Gasteiger partial charge in [-0.15, -0.1) is 0 Å². The Morgan fingerprint density at radius 3 is 2.50 bits per heavy atom. The van der Waals surface area contributed by atoms with E-state index in [0.717, 1.165) is 0 Å². The van der Waals surface area contributed by atoms with Crippen LogP contribution in [-0.2, 0) is 19.9 Å². The zero-order valence-corrected chi connectivity index (χ0v) is 15.4. The molecule has 24 heavy (non-hydrogen) atoms. The van der Waals surface area contributed by atoms with E-state index in [1.54, 1.807) is 13.8 Å². The molecule has 1 aromatic rings. The minimum absolute atomic E-state index is 0.0536. The predicted molar refractivity (Wildman–Crippen MR) is 91.1 cm³/mol. The third-order valence-corrected chi connectivity index (χ3v) is 7.82. The third kappa shape index (κ3) is 4.14. The fraction of sp³-hybridized carbons (Fsp3) is 0.533. The molecular weight excluding hydrogens is 352 g/mol. The molecule has 0 saturated carbocycles. The standard InChI is InChI=1S/C15H22N2O5S2/c1-3-17(4-2)24(21,22)14-7-5-6-12(10-14)15(18)16-13-8-9-23(19,20)11-13/h5-7,10,13H,3-4,8-9,11H2,1-2H3,(H,16,18). The molecule has 9 heteroatoms. The molecule has 1 aromatic carbocycles. The SMILES string of the molecule is CCN(CC)S(=O)(=O)c1cccc(C(=O)NC2CCS(=O)(=O)C2)c1. The summed E-state index contributed by atoms with van der Waals surface area (Å²) >= 11 is 0. The molecule has 1 atom stereocenters. The van der Waals surface area contributed by atoms with Gasteiger partial charge in [-0.05, 0) is 24.6 Å². The van der Waals surface area contributed by atoms with Crippen molar-refractivity contribution in [2.45, 2.75) is 31.2 Å². The van der Waals surface area contributed by atoms with Crippen LogP contribution in [0.15, 0.2) is 29.2 Å². The van der Waals surface area contributed by atoms with Crippen molar-refractivity contribution in [1.82, 2.24) is 9.62 Å². The average Bonchev–Trinajstić information content (AvgIpc) is 2.87. The van der Waals surface area contributed by atoms with E-state index in [2.05, 4.69) is 5.32 Å². The van der Waals surface area contributed by atoms with E-state index in [1.807, 2.05) is 0 Å². The molecule has 0 radical (unpaired) electrons. The van der Waals surface area contributed by atoms with Gasteiger partial charge in [0.15, 0.2) is 9.84 Å². The molecule has 0 spiro atoms. The monoisotopic (exact) mass is 374 g/mol. The van der Waals surface area contributed by atoms with E-state index < -0.39 is 31.8 Å². The molecule has 1 amide bonds. The summed E-state index contributed by atoms with van der Waals surface area (Å²) < 4.78 is 49.2. The highest BCUT2D eigenvalue weighted by Gasteiger charge is 2.29. The summed E-state index contributed by atoms with van der Waals surface area (Å²) in [4.78, 5) is 12.3. The minimum atomic E-state index is -3.65. The first-order valence-corrected chi connectivity index (χ1v) is 11.1. The first kappa shape index (κ1) is 18.9. The highest BCUT2D eigenvalue weighted by atomic mass is 32.2. The lowest BCUT2D eigenvalue weighted by Crippen LogP contribution is -2.36. The topological polar surface area (TPSA) is 101 Å². The number of rotatable bonds is 6. The average molecular weight is 374 g/mol. The van der Waals surface area contributed by atoms with Crippen LogP contribution in [0.3, 0.4) is 0 Å². The number of nitrogens with zero attached hydrogens (tertiary/aromatic N) is 1. The van der Waals surface area contributed by atoms with Crippen LogP contribution in [-0.4, -0.2) is 57.7 Å². The number of carbonyl (C=O) groups excluding carboxylic acids is 1. The van der Waals surface area contributed by atoms with Crippen molar-refractivity contribution in [3.63, 3.8) is 0 Å². The van der Waals surface area contributed by atoms with Crippen molar-refractivity contribution in [3.05, 3.63) is 29.8 Å². The fourth-order valence-electron chi connectivity index (χ4n) is 2.69. The van der Waals surface area contributed by atoms with Gasteiger partial charge >= 0.3 is 0 Å². The molecule has 1 fully saturated rings. The molecule has 7 nitrogen and oxygen atoms in total. The Bertz CT molecular complexity index is 814. The maximum absolute atomic E-state index is 12.5. The van der Waals surface area contributed by atoms with Crippen LogP contribution in [0, 0.1) is 0 Å². The van der Waals surface area contributed by atoms with Crippen molar-refractivity contribution >= 4 is 25.8 Å². The lowest BCUT2D eigenvalue weighted by molar-refractivity contribution is 0.0941. The van der Waals surface area contributed by atoms with Crippen molar-refractivity contribution in [2.24, 2.45) is 0 Å². The Morgan fingerprint density at radius 1 is 1.29 bits per heavy atom. The molecule has 0 aromatic heterocycles. The van der Waals surface area contributed by atoms with Gasteiger partial charge < -0.3 is 5.32 Å². The zero-order chi connectivity index (χ0) is 18.0. The maximum Gasteiger partial charge on any atom is 0.251 e. The third-order valence-electron chi connectivity index (χ3n) is 4.01. The molecule has 1 aliphatic rings. The Hall–Kier alpha value is -1.45. The summed E-state index contributed by atoms with van der Waals surface area (Å²) in [5, 5.41) is 2.66. The molecule has 0 bridgehead atoms. The number of benzene rings is 1. The van der Waals surface area contributed by atoms with Gasteiger partial charge in [0, 0.05) is 24.7 Å². The van der Waals surface area contributed by atoms with E-state index in [1.165, 1.54) is 28.6 Å². The van der Waals surface area contributed by atoms with Gasteiger partial charge in [0.05, 0.1) is 16.4 Å². The maximum atomic E-state index is 12.5. The van der Waals surface area contributed by atoms with Crippen LogP contribution in [0.5, 0.6) is 0 Å². The summed E-state index contributed by atoms with van der Waals surface area (Å²) in [5.74, 6) is -0.474. The minimum Gasteiger partial charge on any atom is -0.348 e. The lowest BCUT2D eigenvalue weighted by Gasteiger charge is -2.19. The highest BCUT2D eigenvalue weighted by Crippen LogP contribution is 2.18.